The maximum atomic E-state index is 13.1. The Hall–Kier alpha value is -2.97. The second-order valence-electron chi connectivity index (χ2n) is 7.21. The molecule has 33 heavy (non-hydrogen) atoms. The SMILES string of the molecule is CCc1nc2ccc(Br)cc2c(=O)n1N=Cc1cc(Br)c(OCc2ccccc2)c(OC)c1. The van der Waals surface area contributed by atoms with E-state index in [1.54, 1.807) is 19.4 Å². The zero-order chi connectivity index (χ0) is 23.4. The maximum Gasteiger partial charge on any atom is 0.282 e. The highest BCUT2D eigenvalue weighted by Gasteiger charge is 2.13. The lowest BCUT2D eigenvalue weighted by atomic mass is 10.2. The lowest BCUT2D eigenvalue weighted by Gasteiger charge is -2.13. The highest BCUT2D eigenvalue weighted by Crippen LogP contribution is 2.36. The van der Waals surface area contributed by atoms with Gasteiger partial charge in [-0.05, 0) is 57.4 Å². The number of rotatable bonds is 7. The molecule has 8 heteroatoms. The molecule has 0 bridgehead atoms. The summed E-state index contributed by atoms with van der Waals surface area (Å²) in [4.78, 5) is 17.7. The molecule has 1 heterocycles. The summed E-state index contributed by atoms with van der Waals surface area (Å²) in [6.07, 6.45) is 2.18. The fourth-order valence-electron chi connectivity index (χ4n) is 3.35. The highest BCUT2D eigenvalue weighted by molar-refractivity contribution is 9.10. The lowest BCUT2D eigenvalue weighted by Crippen LogP contribution is -2.22. The third kappa shape index (κ3) is 5.17. The number of fused-ring (bicyclic) bond motifs is 1. The number of halogens is 2. The van der Waals surface area contributed by atoms with E-state index in [0.717, 1.165) is 20.1 Å². The van der Waals surface area contributed by atoms with E-state index in [2.05, 4.69) is 41.9 Å². The molecule has 0 atom stereocenters. The van der Waals surface area contributed by atoms with Crippen LogP contribution in [-0.2, 0) is 13.0 Å². The number of nitrogens with zero attached hydrogens (tertiary/aromatic N) is 3. The molecule has 3 aromatic carbocycles. The van der Waals surface area contributed by atoms with Crippen molar-refractivity contribution in [3.05, 3.63) is 96.9 Å². The van der Waals surface area contributed by atoms with E-state index in [4.69, 9.17) is 9.47 Å². The monoisotopic (exact) mass is 569 g/mol. The Morgan fingerprint density at radius 3 is 2.61 bits per heavy atom. The fourth-order valence-corrected chi connectivity index (χ4v) is 4.29. The summed E-state index contributed by atoms with van der Waals surface area (Å²) in [5.41, 5.74) is 2.23. The first-order chi connectivity index (χ1) is 16.0. The van der Waals surface area contributed by atoms with Gasteiger partial charge in [-0.3, -0.25) is 4.79 Å². The second-order valence-corrected chi connectivity index (χ2v) is 8.98. The normalized spacial score (nSPS) is 11.3. The number of aromatic nitrogens is 2. The molecule has 4 aromatic rings. The summed E-state index contributed by atoms with van der Waals surface area (Å²) in [6.45, 7) is 2.35. The molecule has 0 aliphatic rings. The van der Waals surface area contributed by atoms with Crippen molar-refractivity contribution in [3.8, 4) is 11.5 Å². The van der Waals surface area contributed by atoms with Crippen LogP contribution in [0, 0.1) is 0 Å². The first-order valence-electron chi connectivity index (χ1n) is 10.3. The molecule has 0 spiro atoms. The molecule has 0 radical (unpaired) electrons. The van der Waals surface area contributed by atoms with Crippen molar-refractivity contribution in [2.24, 2.45) is 5.10 Å². The van der Waals surface area contributed by atoms with Crippen molar-refractivity contribution in [2.45, 2.75) is 20.0 Å². The number of hydrogen-bond acceptors (Lipinski definition) is 5. The predicted octanol–water partition coefficient (Wildman–Crippen LogP) is 5.95. The van der Waals surface area contributed by atoms with E-state index in [1.807, 2.05) is 61.5 Å². The Morgan fingerprint density at radius 1 is 1.09 bits per heavy atom. The summed E-state index contributed by atoms with van der Waals surface area (Å²) in [6, 6.07) is 19.0. The summed E-state index contributed by atoms with van der Waals surface area (Å²) < 4.78 is 14.4. The van der Waals surface area contributed by atoms with Crippen LogP contribution in [0.15, 0.2) is 79.5 Å². The Bertz CT molecular complexity index is 1390. The van der Waals surface area contributed by atoms with Crippen LogP contribution < -0.4 is 15.0 Å². The molecule has 168 valence electrons. The van der Waals surface area contributed by atoms with Gasteiger partial charge in [0.1, 0.15) is 12.4 Å². The van der Waals surface area contributed by atoms with Gasteiger partial charge in [-0.2, -0.15) is 9.78 Å². The Labute approximate surface area is 208 Å². The topological polar surface area (TPSA) is 65.7 Å². The number of benzene rings is 3. The van der Waals surface area contributed by atoms with Gasteiger partial charge in [-0.1, -0.05) is 53.2 Å². The molecule has 1 aromatic heterocycles. The van der Waals surface area contributed by atoms with Crippen LogP contribution >= 0.6 is 31.9 Å². The third-order valence-electron chi connectivity index (χ3n) is 4.99. The van der Waals surface area contributed by atoms with Gasteiger partial charge in [0, 0.05) is 10.9 Å². The minimum atomic E-state index is -0.219. The number of hydrogen-bond donors (Lipinski definition) is 0. The Kier molecular flexibility index (Phi) is 7.25. The number of aryl methyl sites for hydroxylation is 1. The van der Waals surface area contributed by atoms with E-state index in [9.17, 15) is 4.79 Å². The van der Waals surface area contributed by atoms with Gasteiger partial charge in [0.15, 0.2) is 11.5 Å². The molecule has 0 aliphatic heterocycles. The minimum Gasteiger partial charge on any atom is -0.493 e. The number of ether oxygens (including phenoxy) is 2. The molecule has 6 nitrogen and oxygen atoms in total. The molecule has 0 amide bonds. The summed E-state index contributed by atoms with van der Waals surface area (Å²) in [5.74, 6) is 1.74. The van der Waals surface area contributed by atoms with Crippen molar-refractivity contribution < 1.29 is 9.47 Å². The summed E-state index contributed by atoms with van der Waals surface area (Å²) in [7, 11) is 1.59. The van der Waals surface area contributed by atoms with Gasteiger partial charge < -0.3 is 9.47 Å². The van der Waals surface area contributed by atoms with Gasteiger partial charge in [0.2, 0.25) is 0 Å². The molecule has 0 saturated heterocycles. The van der Waals surface area contributed by atoms with Gasteiger partial charge in [0.25, 0.3) is 5.56 Å². The zero-order valence-electron chi connectivity index (χ0n) is 18.1. The van der Waals surface area contributed by atoms with Crippen LogP contribution in [0.3, 0.4) is 0 Å². The van der Waals surface area contributed by atoms with Gasteiger partial charge in [-0.15, -0.1) is 0 Å². The van der Waals surface area contributed by atoms with Crippen LogP contribution in [0.1, 0.15) is 23.9 Å². The molecule has 4 rings (SSSR count). The maximum absolute atomic E-state index is 13.1. The van der Waals surface area contributed by atoms with Gasteiger partial charge in [0.05, 0.1) is 28.7 Å². The second kappa shape index (κ2) is 10.3. The number of methoxy groups -OCH3 is 1. The standard InChI is InChI=1S/C25H21Br2N3O3/c1-3-23-29-21-10-9-18(26)13-19(21)25(31)30(23)28-14-17-11-20(27)24(22(12-17)32-2)33-15-16-7-5-4-6-8-16/h4-14H,3,15H2,1-2H3. The van der Waals surface area contributed by atoms with Crippen molar-refractivity contribution in [2.75, 3.05) is 7.11 Å². The first kappa shape index (κ1) is 23.2. The summed E-state index contributed by atoms with van der Waals surface area (Å²) in [5, 5.41) is 4.95. The highest BCUT2D eigenvalue weighted by atomic mass is 79.9. The average Bonchev–Trinajstić information content (AvgIpc) is 2.83. The van der Waals surface area contributed by atoms with E-state index < -0.39 is 0 Å². The molecule has 0 fully saturated rings. The van der Waals surface area contributed by atoms with E-state index in [-0.39, 0.29) is 5.56 Å². The van der Waals surface area contributed by atoms with Crippen molar-refractivity contribution >= 4 is 49.0 Å². The quantitative estimate of drug-likeness (QED) is 0.257. The fraction of sp³-hybridized carbons (Fsp3) is 0.160. The van der Waals surface area contributed by atoms with E-state index >= 15 is 0 Å². The molecule has 0 N–H and O–H groups in total. The molecular weight excluding hydrogens is 550 g/mol. The van der Waals surface area contributed by atoms with Crippen LogP contribution in [0.2, 0.25) is 0 Å². The van der Waals surface area contributed by atoms with Crippen molar-refractivity contribution in [1.29, 1.82) is 0 Å². The van der Waals surface area contributed by atoms with E-state index in [0.29, 0.717) is 41.3 Å². The van der Waals surface area contributed by atoms with Crippen molar-refractivity contribution in [1.82, 2.24) is 9.66 Å². The smallest absolute Gasteiger partial charge is 0.282 e. The van der Waals surface area contributed by atoms with Crippen LogP contribution in [0.4, 0.5) is 0 Å². The zero-order valence-corrected chi connectivity index (χ0v) is 21.3. The van der Waals surface area contributed by atoms with Gasteiger partial charge >= 0.3 is 0 Å². The van der Waals surface area contributed by atoms with Crippen LogP contribution in [0.5, 0.6) is 11.5 Å². The first-order valence-corrected chi connectivity index (χ1v) is 11.9. The lowest BCUT2D eigenvalue weighted by molar-refractivity contribution is 0.282. The predicted molar refractivity (Wildman–Crippen MR) is 138 cm³/mol. The van der Waals surface area contributed by atoms with Crippen LogP contribution in [-0.4, -0.2) is 23.0 Å². The van der Waals surface area contributed by atoms with E-state index in [1.165, 1.54) is 4.68 Å². The van der Waals surface area contributed by atoms with Gasteiger partial charge in [-0.25, -0.2) is 4.98 Å². The Balaban J connectivity index is 1.67. The average molecular weight is 571 g/mol. The largest absolute Gasteiger partial charge is 0.493 e. The minimum absolute atomic E-state index is 0.219. The molecule has 0 unspecified atom stereocenters. The van der Waals surface area contributed by atoms with Crippen molar-refractivity contribution in [3.63, 3.8) is 0 Å². The van der Waals surface area contributed by atoms with Crippen LogP contribution in [0.25, 0.3) is 10.9 Å². The third-order valence-corrected chi connectivity index (χ3v) is 6.07. The summed E-state index contributed by atoms with van der Waals surface area (Å²) >= 11 is 6.98. The Morgan fingerprint density at radius 2 is 1.88 bits per heavy atom. The molecular formula is C25H21Br2N3O3. The molecule has 0 aliphatic carbocycles. The molecule has 0 saturated carbocycles.